The second kappa shape index (κ2) is 9.82. The van der Waals surface area contributed by atoms with Gasteiger partial charge in [-0.25, -0.2) is 9.59 Å². The van der Waals surface area contributed by atoms with Gasteiger partial charge in [0.25, 0.3) is 11.7 Å². The number of carbonyl (C=O) groups is 4. The van der Waals surface area contributed by atoms with Crippen molar-refractivity contribution in [3.8, 4) is 11.1 Å². The molecule has 0 saturated carbocycles. The second-order valence-corrected chi connectivity index (χ2v) is 7.91. The molecule has 0 bridgehead atoms. The van der Waals surface area contributed by atoms with E-state index in [1.54, 1.807) is 47.0 Å². The lowest BCUT2D eigenvalue weighted by Gasteiger charge is -2.10. The number of fused-ring (bicyclic) bond motifs is 1. The number of rotatable bonds is 6. The molecule has 0 aliphatic carbocycles. The van der Waals surface area contributed by atoms with Crippen LogP contribution in [0.4, 0.5) is 5.69 Å². The molecule has 1 amide bonds. The molecule has 0 fully saturated rings. The van der Waals surface area contributed by atoms with Crippen LogP contribution in [0.2, 0.25) is 5.02 Å². The number of nitrogens with one attached hydrogen (secondary N) is 1. The number of pyridine rings is 1. The summed E-state index contributed by atoms with van der Waals surface area (Å²) in [5.74, 6) is -3.22. The first-order valence-electron chi connectivity index (χ1n) is 10.4. The molecule has 2 aromatic carbocycles. The van der Waals surface area contributed by atoms with Crippen molar-refractivity contribution < 1.29 is 28.7 Å². The van der Waals surface area contributed by atoms with Crippen LogP contribution in [0.15, 0.2) is 72.9 Å². The number of ketones is 1. The van der Waals surface area contributed by atoms with Gasteiger partial charge in [-0.1, -0.05) is 29.8 Å². The lowest BCUT2D eigenvalue weighted by atomic mass is 10.0. The molecule has 0 aliphatic heterocycles. The van der Waals surface area contributed by atoms with E-state index in [-0.39, 0.29) is 22.5 Å². The van der Waals surface area contributed by atoms with E-state index >= 15 is 0 Å². The molecule has 4 aromatic rings. The average molecular weight is 491 g/mol. The van der Waals surface area contributed by atoms with Crippen molar-refractivity contribution in [3.05, 3.63) is 94.8 Å². The molecule has 0 aliphatic rings. The summed E-state index contributed by atoms with van der Waals surface area (Å²) in [6.07, 6.45) is 1.68. The van der Waals surface area contributed by atoms with Gasteiger partial charge >= 0.3 is 11.9 Å². The van der Waals surface area contributed by atoms with E-state index in [1.807, 2.05) is 12.1 Å². The fourth-order valence-corrected chi connectivity index (χ4v) is 3.80. The number of esters is 2. The number of amides is 1. The third kappa shape index (κ3) is 4.78. The Balaban J connectivity index is 1.74. The summed E-state index contributed by atoms with van der Waals surface area (Å²) in [6, 6.07) is 18.0. The van der Waals surface area contributed by atoms with Crippen LogP contribution in [0.5, 0.6) is 0 Å². The fourth-order valence-electron chi connectivity index (χ4n) is 3.67. The first kappa shape index (κ1) is 23.7. The zero-order valence-electron chi connectivity index (χ0n) is 18.7. The molecule has 0 spiro atoms. The van der Waals surface area contributed by atoms with Gasteiger partial charge in [0.1, 0.15) is 5.69 Å². The summed E-state index contributed by atoms with van der Waals surface area (Å²) >= 11 is 6.01. The summed E-state index contributed by atoms with van der Waals surface area (Å²) in [6.45, 7) is 0. The molecule has 9 heteroatoms. The Labute approximate surface area is 205 Å². The molecule has 35 heavy (non-hydrogen) atoms. The number of methoxy groups -OCH3 is 2. The van der Waals surface area contributed by atoms with E-state index in [9.17, 15) is 19.2 Å². The monoisotopic (exact) mass is 490 g/mol. The smallest absolute Gasteiger partial charge is 0.337 e. The van der Waals surface area contributed by atoms with Crippen molar-refractivity contribution in [1.82, 2.24) is 4.40 Å². The van der Waals surface area contributed by atoms with Gasteiger partial charge in [0.05, 0.1) is 25.3 Å². The molecular weight excluding hydrogens is 472 g/mol. The Morgan fingerprint density at radius 1 is 0.829 bits per heavy atom. The van der Waals surface area contributed by atoms with Gasteiger partial charge in [0.2, 0.25) is 0 Å². The zero-order chi connectivity index (χ0) is 25.1. The lowest BCUT2D eigenvalue weighted by Crippen LogP contribution is -2.25. The predicted octanol–water partition coefficient (Wildman–Crippen LogP) is 4.65. The van der Waals surface area contributed by atoms with Gasteiger partial charge in [-0.3, -0.25) is 9.59 Å². The van der Waals surface area contributed by atoms with Gasteiger partial charge in [0.15, 0.2) is 0 Å². The summed E-state index contributed by atoms with van der Waals surface area (Å²) in [5, 5.41) is 3.02. The van der Waals surface area contributed by atoms with E-state index in [0.717, 1.165) is 0 Å². The van der Waals surface area contributed by atoms with E-state index in [4.69, 9.17) is 21.1 Å². The highest BCUT2D eigenvalue weighted by Gasteiger charge is 2.25. The molecule has 0 unspecified atom stereocenters. The number of ether oxygens (including phenoxy) is 2. The van der Waals surface area contributed by atoms with Crippen LogP contribution in [0.25, 0.3) is 16.6 Å². The maximum atomic E-state index is 13.4. The number of hydrogen-bond acceptors (Lipinski definition) is 6. The van der Waals surface area contributed by atoms with Crippen molar-refractivity contribution in [1.29, 1.82) is 0 Å². The molecule has 8 nitrogen and oxygen atoms in total. The van der Waals surface area contributed by atoms with Crippen molar-refractivity contribution >= 4 is 46.4 Å². The summed E-state index contributed by atoms with van der Waals surface area (Å²) < 4.78 is 11.0. The summed E-state index contributed by atoms with van der Waals surface area (Å²) in [4.78, 5) is 50.5. The highest BCUT2D eigenvalue weighted by molar-refractivity contribution is 6.47. The molecule has 0 saturated heterocycles. The van der Waals surface area contributed by atoms with Gasteiger partial charge < -0.3 is 19.2 Å². The Kier molecular flexibility index (Phi) is 6.66. The molecule has 4 rings (SSSR count). The van der Waals surface area contributed by atoms with Crippen LogP contribution in [-0.2, 0) is 14.3 Å². The van der Waals surface area contributed by atoms with E-state index in [0.29, 0.717) is 21.7 Å². The minimum Gasteiger partial charge on any atom is -0.465 e. The van der Waals surface area contributed by atoms with E-state index in [1.165, 1.54) is 32.4 Å². The second-order valence-electron chi connectivity index (χ2n) is 7.47. The number of hydrogen-bond donors (Lipinski definition) is 1. The van der Waals surface area contributed by atoms with E-state index < -0.39 is 23.6 Å². The van der Waals surface area contributed by atoms with Gasteiger partial charge in [-0.05, 0) is 54.1 Å². The molecule has 0 atom stereocenters. The highest BCUT2D eigenvalue weighted by Crippen LogP contribution is 2.29. The molecule has 1 N–H and O–H groups in total. The van der Waals surface area contributed by atoms with Crippen LogP contribution in [-0.4, -0.2) is 42.2 Å². The molecular formula is C26H19ClN2O6. The first-order chi connectivity index (χ1) is 16.8. The van der Waals surface area contributed by atoms with Crippen LogP contribution in [0.1, 0.15) is 31.2 Å². The maximum absolute atomic E-state index is 13.4. The third-order valence-corrected chi connectivity index (χ3v) is 5.54. The van der Waals surface area contributed by atoms with Crippen molar-refractivity contribution in [2.75, 3.05) is 19.5 Å². The van der Waals surface area contributed by atoms with Crippen molar-refractivity contribution in [2.45, 2.75) is 0 Å². The van der Waals surface area contributed by atoms with Crippen LogP contribution >= 0.6 is 11.6 Å². The quantitative estimate of drug-likeness (QED) is 0.240. The van der Waals surface area contributed by atoms with Gasteiger partial charge in [-0.15, -0.1) is 0 Å². The first-order valence-corrected chi connectivity index (χ1v) is 10.7. The summed E-state index contributed by atoms with van der Waals surface area (Å²) in [7, 11) is 2.37. The SMILES string of the molecule is COC(=O)c1cc(NC(=O)C(=O)c2c(-c3ccc(Cl)cc3)cc3ccccn23)cc(C(=O)OC)c1. The number of aromatic nitrogens is 1. The molecule has 0 radical (unpaired) electrons. The van der Waals surface area contributed by atoms with Crippen molar-refractivity contribution in [2.24, 2.45) is 0 Å². The Bertz CT molecular complexity index is 1440. The summed E-state index contributed by atoms with van der Waals surface area (Å²) in [5.41, 5.74) is 2.19. The Morgan fingerprint density at radius 3 is 2.06 bits per heavy atom. The van der Waals surface area contributed by atoms with Gasteiger partial charge in [0, 0.05) is 28.0 Å². The number of anilines is 1. The van der Waals surface area contributed by atoms with Crippen LogP contribution in [0.3, 0.4) is 0 Å². The standard InChI is InChI=1S/C26H19ClN2O6/c1-34-25(32)16-11-17(26(33)35-2)13-19(12-16)28-24(31)23(30)22-21(15-6-8-18(27)9-7-15)14-20-5-3-4-10-29(20)22/h3-14H,1-2H3,(H,28,31). The number of benzene rings is 2. The maximum Gasteiger partial charge on any atom is 0.337 e. The number of Topliss-reactive ketones (excluding diaryl/α,β-unsaturated/α-hetero) is 1. The van der Waals surface area contributed by atoms with Crippen LogP contribution in [0, 0.1) is 0 Å². The highest BCUT2D eigenvalue weighted by atomic mass is 35.5. The van der Waals surface area contributed by atoms with E-state index in [2.05, 4.69) is 5.32 Å². The molecule has 2 aromatic heterocycles. The minimum absolute atomic E-state index is 0.00754. The normalized spacial score (nSPS) is 10.6. The topological polar surface area (TPSA) is 103 Å². The lowest BCUT2D eigenvalue weighted by molar-refractivity contribution is -0.112. The number of halogens is 1. The largest absolute Gasteiger partial charge is 0.465 e. The number of nitrogens with zero attached hydrogens (tertiary/aromatic N) is 1. The minimum atomic E-state index is -0.957. The van der Waals surface area contributed by atoms with Gasteiger partial charge in [-0.2, -0.15) is 0 Å². The predicted molar refractivity (Wildman–Crippen MR) is 130 cm³/mol. The van der Waals surface area contributed by atoms with Crippen molar-refractivity contribution in [3.63, 3.8) is 0 Å². The Morgan fingerprint density at radius 2 is 1.46 bits per heavy atom. The fraction of sp³-hybridized carbons (Fsp3) is 0.0769. The van der Waals surface area contributed by atoms with Crippen LogP contribution < -0.4 is 5.32 Å². The number of carbonyl (C=O) groups excluding carboxylic acids is 4. The average Bonchev–Trinajstić information content (AvgIpc) is 3.26. The molecule has 176 valence electrons. The Hall–Kier alpha value is -4.43. The molecule has 2 heterocycles. The third-order valence-electron chi connectivity index (χ3n) is 5.29. The zero-order valence-corrected chi connectivity index (χ0v) is 19.5.